The number of hydrogen-bond acceptors (Lipinski definition) is 1. The highest BCUT2D eigenvalue weighted by Crippen LogP contribution is 2.25. The fourth-order valence-electron chi connectivity index (χ4n) is 5.00. The molecule has 0 radical (unpaired) electrons. The summed E-state index contributed by atoms with van der Waals surface area (Å²) in [6, 6.07) is 15.4. The molecular weight excluding hydrogens is 448 g/mol. The Morgan fingerprint density at radius 1 is 0.686 bits per heavy atom. The molecule has 2 heteroatoms. The van der Waals surface area contributed by atoms with Gasteiger partial charge in [0, 0.05) is 11.1 Å². The van der Waals surface area contributed by atoms with E-state index in [0.717, 1.165) is 30.6 Å². The zero-order valence-electron chi connectivity index (χ0n) is 23.0. The van der Waals surface area contributed by atoms with E-state index in [2.05, 4.69) is 40.7 Å². The number of rotatable bonds is 17. The summed E-state index contributed by atoms with van der Waals surface area (Å²) < 4.78 is 0. The summed E-state index contributed by atoms with van der Waals surface area (Å²) in [5, 5.41) is 0.537. The lowest BCUT2D eigenvalue weighted by atomic mass is 9.90. The normalized spacial score (nSPS) is 14.1. The van der Waals surface area contributed by atoms with Gasteiger partial charge in [0.05, 0.1) is 5.02 Å². The van der Waals surface area contributed by atoms with E-state index in [1.165, 1.54) is 63.4 Å². The molecule has 2 rings (SSSR count). The molecule has 1 unspecified atom stereocenters. The molecule has 0 amide bonds. The highest BCUT2D eigenvalue weighted by molar-refractivity contribution is 6.35. The standard InChI is InChI=1S/C33H49ClO/c1-25(2)12-9-13-26(3)14-10-15-27(4)16-11-17-28(5)20-21-29-22-23-32(34)31(24-29)33(35)30-18-7-6-8-19-30/h6-8,18-19,22-28H,9-17,20-21H2,1-5H3/t26-,27-,28?/m1/s1. The zero-order valence-corrected chi connectivity index (χ0v) is 23.7. The van der Waals surface area contributed by atoms with E-state index >= 15 is 0 Å². The number of hydrogen-bond donors (Lipinski definition) is 0. The van der Waals surface area contributed by atoms with Crippen LogP contribution < -0.4 is 0 Å². The van der Waals surface area contributed by atoms with Crippen molar-refractivity contribution in [2.45, 2.75) is 105 Å². The Morgan fingerprint density at radius 3 is 1.74 bits per heavy atom. The summed E-state index contributed by atoms with van der Waals surface area (Å²) in [5.41, 5.74) is 2.51. The summed E-state index contributed by atoms with van der Waals surface area (Å²) in [7, 11) is 0. The summed E-state index contributed by atoms with van der Waals surface area (Å²) in [6.07, 6.45) is 14.5. The molecule has 0 fully saturated rings. The van der Waals surface area contributed by atoms with Gasteiger partial charge in [0.1, 0.15) is 0 Å². The average molecular weight is 497 g/mol. The van der Waals surface area contributed by atoms with Crippen LogP contribution in [0.15, 0.2) is 48.5 Å². The summed E-state index contributed by atoms with van der Waals surface area (Å²) in [4.78, 5) is 12.9. The highest BCUT2D eigenvalue weighted by atomic mass is 35.5. The van der Waals surface area contributed by atoms with E-state index in [1.54, 1.807) is 0 Å². The molecular formula is C33H49ClO. The van der Waals surface area contributed by atoms with Gasteiger partial charge in [0.25, 0.3) is 0 Å². The monoisotopic (exact) mass is 496 g/mol. The minimum absolute atomic E-state index is 0.00411. The van der Waals surface area contributed by atoms with Crippen LogP contribution in [0.1, 0.15) is 120 Å². The Kier molecular flexibility index (Phi) is 13.7. The number of ketones is 1. The third kappa shape index (κ3) is 11.8. The maximum absolute atomic E-state index is 12.9. The van der Waals surface area contributed by atoms with Crippen molar-refractivity contribution in [3.05, 3.63) is 70.2 Å². The van der Waals surface area contributed by atoms with Crippen LogP contribution in [0.5, 0.6) is 0 Å². The van der Waals surface area contributed by atoms with E-state index in [9.17, 15) is 4.79 Å². The lowest BCUT2D eigenvalue weighted by molar-refractivity contribution is 0.103. The second kappa shape index (κ2) is 16.2. The molecule has 0 aliphatic heterocycles. The molecule has 0 aliphatic carbocycles. The molecule has 35 heavy (non-hydrogen) atoms. The minimum atomic E-state index is 0.00411. The first-order chi connectivity index (χ1) is 16.8. The molecule has 0 saturated carbocycles. The van der Waals surface area contributed by atoms with Crippen LogP contribution in [0.4, 0.5) is 0 Å². The molecule has 1 nitrogen and oxygen atoms in total. The third-order valence-corrected chi connectivity index (χ3v) is 7.83. The quantitative estimate of drug-likeness (QED) is 0.199. The molecule has 0 N–H and O–H groups in total. The second-order valence-electron chi connectivity index (χ2n) is 11.6. The van der Waals surface area contributed by atoms with Gasteiger partial charge in [0.2, 0.25) is 0 Å². The molecule has 2 aromatic carbocycles. The van der Waals surface area contributed by atoms with Crippen molar-refractivity contribution < 1.29 is 4.79 Å². The SMILES string of the molecule is CC(C)CCC[C@@H](C)CCC[C@@H](C)CCCC(C)CCc1ccc(Cl)c(C(=O)c2ccccc2)c1. The Bertz CT molecular complexity index is 857. The number of benzene rings is 2. The van der Waals surface area contributed by atoms with Crippen LogP contribution in [0.3, 0.4) is 0 Å². The number of carbonyl (C=O) groups is 1. The first-order valence-corrected chi connectivity index (χ1v) is 14.5. The first-order valence-electron chi connectivity index (χ1n) is 14.1. The summed E-state index contributed by atoms with van der Waals surface area (Å²) in [6.45, 7) is 11.9. The Labute approximate surface area is 221 Å². The van der Waals surface area contributed by atoms with Gasteiger partial charge in [-0.25, -0.2) is 0 Å². The van der Waals surface area contributed by atoms with Crippen molar-refractivity contribution in [1.29, 1.82) is 0 Å². The molecule has 3 atom stereocenters. The molecule has 0 spiro atoms. The lowest BCUT2D eigenvalue weighted by Crippen LogP contribution is -2.04. The van der Waals surface area contributed by atoms with Gasteiger partial charge in [-0.1, -0.05) is 140 Å². The molecule has 0 aliphatic rings. The summed E-state index contributed by atoms with van der Waals surface area (Å²) >= 11 is 6.37. The van der Waals surface area contributed by atoms with Crippen LogP contribution in [-0.4, -0.2) is 5.78 Å². The fraction of sp³-hybridized carbons (Fsp3) is 0.606. The van der Waals surface area contributed by atoms with Crippen LogP contribution in [-0.2, 0) is 6.42 Å². The molecule has 194 valence electrons. The van der Waals surface area contributed by atoms with Crippen LogP contribution in [0.2, 0.25) is 5.02 Å². The number of halogens is 1. The zero-order chi connectivity index (χ0) is 25.6. The molecule has 0 aromatic heterocycles. The predicted molar refractivity (Wildman–Crippen MR) is 154 cm³/mol. The van der Waals surface area contributed by atoms with Gasteiger partial charge in [-0.3, -0.25) is 4.79 Å². The van der Waals surface area contributed by atoms with E-state index in [1.807, 2.05) is 42.5 Å². The van der Waals surface area contributed by atoms with E-state index in [0.29, 0.717) is 22.1 Å². The number of carbonyl (C=O) groups excluding carboxylic acids is 1. The van der Waals surface area contributed by atoms with Crippen molar-refractivity contribution in [2.75, 3.05) is 0 Å². The van der Waals surface area contributed by atoms with Gasteiger partial charge in [-0.2, -0.15) is 0 Å². The molecule has 0 heterocycles. The summed E-state index contributed by atoms with van der Waals surface area (Å²) in [5.74, 6) is 3.28. The largest absolute Gasteiger partial charge is 0.289 e. The van der Waals surface area contributed by atoms with Crippen LogP contribution in [0.25, 0.3) is 0 Å². The fourth-order valence-corrected chi connectivity index (χ4v) is 5.20. The molecule has 2 aromatic rings. The topological polar surface area (TPSA) is 17.1 Å². The lowest BCUT2D eigenvalue weighted by Gasteiger charge is -2.16. The molecule has 0 saturated heterocycles. The average Bonchev–Trinajstić information content (AvgIpc) is 2.83. The van der Waals surface area contributed by atoms with Gasteiger partial charge in [0.15, 0.2) is 5.78 Å². The predicted octanol–water partition coefficient (Wildman–Crippen LogP) is 10.6. The van der Waals surface area contributed by atoms with Crippen molar-refractivity contribution in [3.8, 4) is 0 Å². The van der Waals surface area contributed by atoms with Gasteiger partial charge >= 0.3 is 0 Å². The van der Waals surface area contributed by atoms with Crippen molar-refractivity contribution in [3.63, 3.8) is 0 Å². The van der Waals surface area contributed by atoms with Crippen molar-refractivity contribution >= 4 is 17.4 Å². The molecule has 0 bridgehead atoms. The smallest absolute Gasteiger partial charge is 0.194 e. The Balaban J connectivity index is 1.65. The van der Waals surface area contributed by atoms with Crippen LogP contribution >= 0.6 is 11.6 Å². The third-order valence-electron chi connectivity index (χ3n) is 7.50. The maximum atomic E-state index is 12.9. The Morgan fingerprint density at radius 2 is 1.20 bits per heavy atom. The van der Waals surface area contributed by atoms with Gasteiger partial charge < -0.3 is 0 Å². The first kappa shape index (κ1) is 29.6. The van der Waals surface area contributed by atoms with E-state index < -0.39 is 0 Å². The van der Waals surface area contributed by atoms with Gasteiger partial charge in [-0.05, 0) is 54.2 Å². The van der Waals surface area contributed by atoms with E-state index in [-0.39, 0.29) is 5.78 Å². The van der Waals surface area contributed by atoms with Crippen molar-refractivity contribution in [1.82, 2.24) is 0 Å². The minimum Gasteiger partial charge on any atom is -0.289 e. The van der Waals surface area contributed by atoms with E-state index in [4.69, 9.17) is 11.6 Å². The van der Waals surface area contributed by atoms with Crippen LogP contribution in [0, 0.1) is 23.7 Å². The maximum Gasteiger partial charge on any atom is 0.194 e. The highest BCUT2D eigenvalue weighted by Gasteiger charge is 2.14. The van der Waals surface area contributed by atoms with Crippen molar-refractivity contribution in [2.24, 2.45) is 23.7 Å². The second-order valence-corrected chi connectivity index (χ2v) is 12.0. The Hall–Kier alpha value is -1.60. The van der Waals surface area contributed by atoms with Gasteiger partial charge in [-0.15, -0.1) is 0 Å². The number of aryl methyl sites for hydroxylation is 1.